The Hall–Kier alpha value is -3.04. The molecule has 3 aliphatic rings. The molecule has 6 radical (unpaired) electrons. The van der Waals surface area contributed by atoms with Gasteiger partial charge in [0, 0.05) is 30.8 Å². The third-order valence-electron chi connectivity index (χ3n) is 6.94. The standard InChI is InChI=1S/C25H24B3N3O5/c26-24(27)15-25(28,23(34)29-22(24)33)31-13-19-18(21(31)32)2-1-3-20(19)36-14-17-6-4-16(5-7-17)12-30-8-10-35-11-9-30/h1-7H,8-15H2,(H,29,33,34). The molecule has 1 N–H and O–H groups in total. The lowest BCUT2D eigenvalue weighted by molar-refractivity contribution is -0.139. The van der Waals surface area contributed by atoms with E-state index in [1.54, 1.807) is 18.2 Å². The number of imide groups is 1. The summed E-state index contributed by atoms with van der Waals surface area (Å²) in [7, 11) is 18.0. The second kappa shape index (κ2) is 9.44. The molecular weight excluding hydrogens is 455 g/mol. The van der Waals surface area contributed by atoms with Crippen molar-refractivity contribution < 1.29 is 23.9 Å². The van der Waals surface area contributed by atoms with E-state index in [4.69, 9.17) is 33.0 Å². The van der Waals surface area contributed by atoms with Crippen LogP contribution in [0.3, 0.4) is 0 Å². The lowest BCUT2D eigenvalue weighted by atomic mass is 9.45. The van der Waals surface area contributed by atoms with E-state index >= 15 is 0 Å². The molecule has 5 rings (SSSR count). The summed E-state index contributed by atoms with van der Waals surface area (Å²) in [5.41, 5.74) is 1.32. The predicted octanol–water partition coefficient (Wildman–Crippen LogP) is 0.418. The normalized spacial score (nSPS) is 23.9. The first kappa shape index (κ1) is 24.7. The SMILES string of the molecule is [B]C1([B])CC([B])(N2Cc3c(OCc4ccc(CN5CCOCC5)cc4)cccc3C2=O)C(=O)NC1=O. The molecule has 8 nitrogen and oxygen atoms in total. The molecule has 3 aliphatic heterocycles. The van der Waals surface area contributed by atoms with Crippen molar-refractivity contribution in [2.45, 2.75) is 36.8 Å². The predicted molar refractivity (Wildman–Crippen MR) is 134 cm³/mol. The lowest BCUT2D eigenvalue weighted by Crippen LogP contribution is -2.67. The third-order valence-corrected chi connectivity index (χ3v) is 6.94. The molecule has 0 aromatic heterocycles. The number of piperidine rings is 1. The van der Waals surface area contributed by atoms with Gasteiger partial charge in [0.2, 0.25) is 11.8 Å². The van der Waals surface area contributed by atoms with Gasteiger partial charge in [-0.25, -0.2) is 0 Å². The van der Waals surface area contributed by atoms with E-state index in [0.717, 1.165) is 38.4 Å². The van der Waals surface area contributed by atoms with Crippen molar-refractivity contribution in [3.05, 3.63) is 64.7 Å². The number of morpholine rings is 1. The van der Waals surface area contributed by atoms with E-state index in [2.05, 4.69) is 22.3 Å². The number of hydrogen-bond donors (Lipinski definition) is 1. The van der Waals surface area contributed by atoms with Crippen molar-refractivity contribution >= 4 is 41.3 Å². The summed E-state index contributed by atoms with van der Waals surface area (Å²) >= 11 is 0. The second-order valence-electron chi connectivity index (χ2n) is 9.59. The zero-order valence-corrected chi connectivity index (χ0v) is 19.9. The summed E-state index contributed by atoms with van der Waals surface area (Å²) in [6, 6.07) is 13.4. The molecule has 3 amide bonds. The van der Waals surface area contributed by atoms with Crippen LogP contribution in [0.1, 0.15) is 33.5 Å². The van der Waals surface area contributed by atoms with Crippen molar-refractivity contribution in [3.8, 4) is 5.75 Å². The van der Waals surface area contributed by atoms with Gasteiger partial charge in [-0.3, -0.25) is 24.6 Å². The van der Waals surface area contributed by atoms with Crippen molar-refractivity contribution in [1.29, 1.82) is 0 Å². The van der Waals surface area contributed by atoms with E-state index in [1.807, 2.05) is 12.1 Å². The molecule has 2 aromatic carbocycles. The Morgan fingerprint density at radius 3 is 2.36 bits per heavy atom. The number of ether oxygens (including phenoxy) is 2. The van der Waals surface area contributed by atoms with Crippen molar-refractivity contribution in [2.24, 2.45) is 0 Å². The van der Waals surface area contributed by atoms with Gasteiger partial charge in [0.15, 0.2) is 0 Å². The maximum atomic E-state index is 13.2. The largest absolute Gasteiger partial charge is 0.489 e. The molecule has 11 heteroatoms. The lowest BCUT2D eigenvalue weighted by Gasteiger charge is -2.46. The van der Waals surface area contributed by atoms with E-state index < -0.39 is 34.8 Å². The Balaban J connectivity index is 1.28. The van der Waals surface area contributed by atoms with Crippen LogP contribution in [0.5, 0.6) is 5.75 Å². The van der Waals surface area contributed by atoms with Crippen LogP contribution in [0.4, 0.5) is 0 Å². The number of hydrogen-bond acceptors (Lipinski definition) is 6. The van der Waals surface area contributed by atoms with Gasteiger partial charge in [0.25, 0.3) is 5.91 Å². The van der Waals surface area contributed by atoms with Crippen LogP contribution in [-0.2, 0) is 34.0 Å². The Labute approximate surface area is 213 Å². The van der Waals surface area contributed by atoms with Gasteiger partial charge in [0.1, 0.15) is 20.2 Å². The Kier molecular flexibility index (Phi) is 6.47. The molecule has 0 saturated carbocycles. The number of carbonyl (C=O) groups is 3. The zero-order chi connectivity index (χ0) is 25.5. The summed E-state index contributed by atoms with van der Waals surface area (Å²) in [4.78, 5) is 41.4. The minimum atomic E-state index is -1.88. The van der Waals surface area contributed by atoms with E-state index in [1.165, 1.54) is 10.5 Å². The van der Waals surface area contributed by atoms with Gasteiger partial charge in [0.05, 0.1) is 40.9 Å². The molecule has 2 saturated heterocycles. The van der Waals surface area contributed by atoms with E-state index in [-0.39, 0.29) is 6.54 Å². The van der Waals surface area contributed by atoms with Crippen LogP contribution < -0.4 is 10.1 Å². The van der Waals surface area contributed by atoms with Gasteiger partial charge in [-0.2, -0.15) is 0 Å². The van der Waals surface area contributed by atoms with Gasteiger partial charge in [-0.1, -0.05) is 30.3 Å². The summed E-state index contributed by atoms with van der Waals surface area (Å²) < 4.78 is 11.5. The number of benzene rings is 2. The first-order valence-corrected chi connectivity index (χ1v) is 11.8. The van der Waals surface area contributed by atoms with Gasteiger partial charge >= 0.3 is 0 Å². The Bertz CT molecular complexity index is 1200. The smallest absolute Gasteiger partial charge is 0.254 e. The number of rotatable bonds is 6. The third kappa shape index (κ3) is 4.57. The van der Waals surface area contributed by atoms with Crippen molar-refractivity contribution in [2.75, 3.05) is 26.3 Å². The number of carbonyl (C=O) groups excluding carboxylic acids is 3. The molecule has 3 heterocycles. The quantitative estimate of drug-likeness (QED) is 0.478. The first-order chi connectivity index (χ1) is 17.2. The highest BCUT2D eigenvalue weighted by Gasteiger charge is 2.53. The van der Waals surface area contributed by atoms with Gasteiger partial charge in [-0.05, 0) is 34.9 Å². The maximum absolute atomic E-state index is 13.2. The molecule has 0 bridgehead atoms. The van der Waals surface area contributed by atoms with Crippen LogP contribution >= 0.6 is 0 Å². The molecule has 2 aromatic rings. The number of nitrogens with one attached hydrogen (secondary N) is 1. The number of fused-ring (bicyclic) bond motifs is 1. The van der Waals surface area contributed by atoms with Crippen molar-refractivity contribution in [3.63, 3.8) is 0 Å². The first-order valence-electron chi connectivity index (χ1n) is 11.8. The topological polar surface area (TPSA) is 88.2 Å². The number of nitrogens with zero attached hydrogens (tertiary/aromatic N) is 2. The molecule has 1 atom stereocenters. The van der Waals surface area contributed by atoms with Crippen LogP contribution in [0.25, 0.3) is 0 Å². The molecule has 36 heavy (non-hydrogen) atoms. The molecule has 0 spiro atoms. The van der Waals surface area contributed by atoms with Crippen LogP contribution in [0.2, 0.25) is 5.21 Å². The summed E-state index contributed by atoms with van der Waals surface area (Å²) in [5.74, 6) is -1.59. The maximum Gasteiger partial charge on any atom is 0.254 e. The highest BCUT2D eigenvalue weighted by Crippen LogP contribution is 2.41. The Morgan fingerprint density at radius 1 is 0.944 bits per heavy atom. The monoisotopic (exact) mass is 479 g/mol. The van der Waals surface area contributed by atoms with E-state index in [9.17, 15) is 14.4 Å². The highest BCUT2D eigenvalue weighted by molar-refractivity contribution is 6.53. The van der Waals surface area contributed by atoms with Gasteiger partial charge < -0.3 is 14.4 Å². The fourth-order valence-electron chi connectivity index (χ4n) is 4.83. The average molecular weight is 479 g/mol. The highest BCUT2D eigenvalue weighted by atomic mass is 16.5. The fraction of sp³-hybridized carbons (Fsp3) is 0.400. The second-order valence-corrected chi connectivity index (χ2v) is 9.59. The van der Waals surface area contributed by atoms with Gasteiger partial charge in [-0.15, -0.1) is 0 Å². The number of amides is 3. The minimum absolute atomic E-state index is 0.0248. The summed E-state index contributed by atoms with van der Waals surface area (Å²) in [6.45, 7) is 4.60. The summed E-state index contributed by atoms with van der Waals surface area (Å²) in [5, 5.41) is 0.205. The molecule has 1 unspecified atom stereocenters. The summed E-state index contributed by atoms with van der Waals surface area (Å²) in [6.07, 6.45) is -0.405. The van der Waals surface area contributed by atoms with Crippen LogP contribution in [0.15, 0.2) is 42.5 Å². The van der Waals surface area contributed by atoms with Crippen LogP contribution in [-0.4, -0.2) is 82.8 Å². The van der Waals surface area contributed by atoms with Crippen LogP contribution in [0, 0.1) is 0 Å². The van der Waals surface area contributed by atoms with Crippen molar-refractivity contribution in [1.82, 2.24) is 15.1 Å². The Morgan fingerprint density at radius 2 is 1.64 bits per heavy atom. The zero-order valence-electron chi connectivity index (χ0n) is 19.9. The molecule has 0 aliphatic carbocycles. The molecule has 2 fully saturated rings. The molecular formula is C25H24B3N3O5. The fourth-order valence-corrected chi connectivity index (χ4v) is 4.83. The minimum Gasteiger partial charge on any atom is -0.489 e. The van der Waals surface area contributed by atoms with E-state index in [0.29, 0.717) is 23.5 Å². The molecule has 178 valence electrons. The average Bonchev–Trinajstić information content (AvgIpc) is 3.21.